The summed E-state index contributed by atoms with van der Waals surface area (Å²) >= 11 is 0. The molecule has 0 aliphatic carbocycles. The van der Waals surface area contributed by atoms with E-state index < -0.39 is 5.92 Å². The van der Waals surface area contributed by atoms with Crippen molar-refractivity contribution in [1.29, 1.82) is 0 Å². The summed E-state index contributed by atoms with van der Waals surface area (Å²) in [6.07, 6.45) is 0.426. The molecule has 3 aromatic carbocycles. The third kappa shape index (κ3) is 4.77. The lowest BCUT2D eigenvalue weighted by molar-refractivity contribution is -0.144. The minimum absolute atomic E-state index is 0.0803. The van der Waals surface area contributed by atoms with Crippen molar-refractivity contribution in [3.63, 3.8) is 0 Å². The van der Waals surface area contributed by atoms with Crippen molar-refractivity contribution in [2.24, 2.45) is 5.92 Å². The number of carbonyl (C=O) groups is 2. The van der Waals surface area contributed by atoms with Gasteiger partial charge in [0.05, 0.1) is 0 Å². The molecule has 0 spiro atoms. The van der Waals surface area contributed by atoms with Crippen molar-refractivity contribution in [2.75, 3.05) is 13.1 Å². The lowest BCUT2D eigenvalue weighted by Crippen LogP contribution is -2.40. The molecule has 0 radical (unpaired) electrons. The Labute approximate surface area is 177 Å². The van der Waals surface area contributed by atoms with Gasteiger partial charge in [0.15, 0.2) is 0 Å². The minimum atomic E-state index is -0.692. The zero-order valence-corrected chi connectivity index (χ0v) is 17.0. The van der Waals surface area contributed by atoms with E-state index in [0.29, 0.717) is 32.6 Å². The molecule has 0 bridgehead atoms. The highest BCUT2D eigenvalue weighted by molar-refractivity contribution is 6.01. The maximum Gasteiger partial charge on any atom is 0.235 e. The molecule has 30 heavy (non-hydrogen) atoms. The molecule has 152 valence electrons. The predicted octanol–water partition coefficient (Wildman–Crippen LogP) is 3.92. The molecule has 1 saturated heterocycles. The van der Waals surface area contributed by atoms with Crippen molar-refractivity contribution in [1.82, 2.24) is 9.80 Å². The van der Waals surface area contributed by atoms with Gasteiger partial charge in [0.1, 0.15) is 5.92 Å². The van der Waals surface area contributed by atoms with E-state index in [0.717, 1.165) is 16.7 Å². The molecule has 4 nitrogen and oxygen atoms in total. The van der Waals surface area contributed by atoms with Gasteiger partial charge in [-0.05, 0) is 23.1 Å². The summed E-state index contributed by atoms with van der Waals surface area (Å²) in [7, 11) is 0. The second-order valence-electron chi connectivity index (χ2n) is 7.73. The molecular formula is C26H26N2O2. The van der Waals surface area contributed by atoms with Gasteiger partial charge >= 0.3 is 0 Å². The van der Waals surface area contributed by atoms with Gasteiger partial charge in [0.25, 0.3) is 0 Å². The van der Waals surface area contributed by atoms with Crippen LogP contribution in [0, 0.1) is 5.92 Å². The zero-order chi connectivity index (χ0) is 20.8. The Bertz CT molecular complexity index is 912. The van der Waals surface area contributed by atoms with Crippen LogP contribution in [0.2, 0.25) is 0 Å². The SMILES string of the molecule is O=C1C(Cc2ccccc2)C(=O)N(Cc2ccccc2)CCN1Cc1ccccc1. The van der Waals surface area contributed by atoms with Crippen molar-refractivity contribution in [3.8, 4) is 0 Å². The van der Waals surface area contributed by atoms with Gasteiger partial charge in [-0.15, -0.1) is 0 Å². The molecule has 0 aromatic heterocycles. The van der Waals surface area contributed by atoms with Crippen LogP contribution in [0.3, 0.4) is 0 Å². The standard InChI is InChI=1S/C26H26N2O2/c29-25-24(18-21-10-4-1-5-11-21)26(30)28(20-23-14-8-3-9-15-23)17-16-27(25)19-22-12-6-2-7-13-22/h1-15,24H,16-20H2. The highest BCUT2D eigenvalue weighted by Crippen LogP contribution is 2.21. The van der Waals surface area contributed by atoms with Crippen LogP contribution in [0.5, 0.6) is 0 Å². The number of hydrogen-bond acceptors (Lipinski definition) is 2. The third-order valence-electron chi connectivity index (χ3n) is 5.57. The van der Waals surface area contributed by atoms with E-state index in [4.69, 9.17) is 0 Å². The first kappa shape index (κ1) is 19.9. The topological polar surface area (TPSA) is 40.6 Å². The average molecular weight is 399 g/mol. The fourth-order valence-electron chi connectivity index (χ4n) is 3.95. The van der Waals surface area contributed by atoms with Crippen LogP contribution in [-0.2, 0) is 29.1 Å². The van der Waals surface area contributed by atoms with Gasteiger partial charge in [0.2, 0.25) is 11.8 Å². The summed E-state index contributed by atoms with van der Waals surface area (Å²) in [6, 6.07) is 29.7. The molecule has 0 unspecified atom stereocenters. The summed E-state index contributed by atoms with van der Waals surface area (Å²) in [6.45, 7) is 2.13. The third-order valence-corrected chi connectivity index (χ3v) is 5.57. The van der Waals surface area contributed by atoms with Gasteiger partial charge in [0, 0.05) is 26.2 Å². The molecule has 1 fully saturated rings. The maximum absolute atomic E-state index is 13.4. The van der Waals surface area contributed by atoms with Crippen LogP contribution in [0.15, 0.2) is 91.0 Å². The van der Waals surface area contributed by atoms with Crippen LogP contribution < -0.4 is 0 Å². The first-order valence-electron chi connectivity index (χ1n) is 10.4. The van der Waals surface area contributed by atoms with E-state index in [9.17, 15) is 9.59 Å². The molecular weight excluding hydrogens is 372 g/mol. The van der Waals surface area contributed by atoms with Crippen molar-refractivity contribution < 1.29 is 9.59 Å². The molecule has 0 atom stereocenters. The number of benzene rings is 3. The first-order chi connectivity index (χ1) is 14.7. The Kier molecular flexibility index (Phi) is 6.23. The van der Waals surface area contributed by atoms with Gasteiger partial charge in [-0.25, -0.2) is 0 Å². The predicted molar refractivity (Wildman–Crippen MR) is 117 cm³/mol. The second kappa shape index (κ2) is 9.40. The van der Waals surface area contributed by atoms with E-state index in [2.05, 4.69) is 0 Å². The number of amides is 2. The van der Waals surface area contributed by atoms with Crippen LogP contribution in [0.1, 0.15) is 16.7 Å². The van der Waals surface area contributed by atoms with Crippen molar-refractivity contribution in [2.45, 2.75) is 19.5 Å². The van der Waals surface area contributed by atoms with Crippen LogP contribution >= 0.6 is 0 Å². The first-order valence-corrected chi connectivity index (χ1v) is 10.4. The normalized spacial score (nSPS) is 15.3. The number of carbonyl (C=O) groups excluding carboxylic acids is 2. The molecule has 4 rings (SSSR count). The Hall–Kier alpha value is -3.40. The molecule has 1 heterocycles. The zero-order valence-electron chi connectivity index (χ0n) is 17.0. The number of nitrogens with zero attached hydrogens (tertiary/aromatic N) is 2. The molecule has 4 heteroatoms. The number of hydrogen-bond donors (Lipinski definition) is 0. The van der Waals surface area contributed by atoms with Crippen molar-refractivity contribution >= 4 is 11.8 Å². The maximum atomic E-state index is 13.4. The highest BCUT2D eigenvalue weighted by Gasteiger charge is 2.37. The fraction of sp³-hybridized carbons (Fsp3) is 0.231. The van der Waals surface area contributed by atoms with Gasteiger partial charge in [-0.1, -0.05) is 91.0 Å². The monoisotopic (exact) mass is 398 g/mol. The van der Waals surface area contributed by atoms with Crippen LogP contribution in [0.4, 0.5) is 0 Å². The Morgan fingerprint density at radius 1 is 0.567 bits per heavy atom. The van der Waals surface area contributed by atoms with Gasteiger partial charge < -0.3 is 9.80 Å². The van der Waals surface area contributed by atoms with Crippen LogP contribution in [0.25, 0.3) is 0 Å². The van der Waals surface area contributed by atoms with Crippen LogP contribution in [-0.4, -0.2) is 34.7 Å². The lowest BCUT2D eigenvalue weighted by atomic mass is 9.96. The molecule has 0 saturated carbocycles. The van der Waals surface area contributed by atoms with E-state index >= 15 is 0 Å². The largest absolute Gasteiger partial charge is 0.336 e. The summed E-state index contributed by atoms with van der Waals surface area (Å²) in [5, 5.41) is 0. The smallest absolute Gasteiger partial charge is 0.235 e. The summed E-state index contributed by atoms with van der Waals surface area (Å²) in [5.74, 6) is -0.853. The average Bonchev–Trinajstić information content (AvgIpc) is 2.89. The molecule has 0 N–H and O–H groups in total. The molecule has 3 aromatic rings. The Balaban J connectivity index is 1.60. The Morgan fingerprint density at radius 3 is 1.33 bits per heavy atom. The van der Waals surface area contributed by atoms with E-state index in [1.807, 2.05) is 101 Å². The molecule has 2 amide bonds. The van der Waals surface area contributed by atoms with Gasteiger partial charge in [-0.2, -0.15) is 0 Å². The van der Waals surface area contributed by atoms with E-state index in [-0.39, 0.29) is 11.8 Å². The van der Waals surface area contributed by atoms with Crippen molar-refractivity contribution in [3.05, 3.63) is 108 Å². The lowest BCUT2D eigenvalue weighted by Gasteiger charge is -2.23. The quantitative estimate of drug-likeness (QED) is 0.591. The summed E-state index contributed by atoms with van der Waals surface area (Å²) < 4.78 is 0. The highest BCUT2D eigenvalue weighted by atomic mass is 16.2. The Morgan fingerprint density at radius 2 is 0.933 bits per heavy atom. The minimum Gasteiger partial charge on any atom is -0.336 e. The van der Waals surface area contributed by atoms with Gasteiger partial charge in [-0.3, -0.25) is 9.59 Å². The summed E-state index contributed by atoms with van der Waals surface area (Å²) in [5.41, 5.74) is 3.16. The summed E-state index contributed by atoms with van der Waals surface area (Å²) in [4.78, 5) is 30.6. The van der Waals surface area contributed by atoms with E-state index in [1.54, 1.807) is 0 Å². The van der Waals surface area contributed by atoms with E-state index in [1.165, 1.54) is 0 Å². The second-order valence-corrected chi connectivity index (χ2v) is 7.73. The fourth-order valence-corrected chi connectivity index (χ4v) is 3.95. The molecule has 1 aliphatic heterocycles. The number of rotatable bonds is 6. The molecule has 1 aliphatic rings.